The second-order valence-electron chi connectivity index (χ2n) is 11.3. The number of nitrogens with zero attached hydrogens (tertiary/aromatic N) is 3. The molecule has 6 nitrogen and oxygen atoms in total. The van der Waals surface area contributed by atoms with Gasteiger partial charge in [0, 0.05) is 42.6 Å². The fourth-order valence-electron chi connectivity index (χ4n) is 5.52. The number of carbonyl (C=O) groups excluding carboxylic acids is 1. The average Bonchev–Trinajstić information content (AvgIpc) is 3.51. The van der Waals surface area contributed by atoms with Crippen LogP contribution in [0.5, 0.6) is 0 Å². The molecule has 1 aromatic carbocycles. The van der Waals surface area contributed by atoms with Crippen molar-refractivity contribution in [1.29, 1.82) is 0 Å². The Hall–Kier alpha value is -2.55. The number of amides is 1. The Labute approximate surface area is 204 Å². The number of carbonyl (C=O) groups is 1. The van der Waals surface area contributed by atoms with Gasteiger partial charge in [-0.15, -0.1) is 0 Å². The summed E-state index contributed by atoms with van der Waals surface area (Å²) >= 11 is 0. The lowest BCUT2D eigenvalue weighted by atomic mass is 9.76. The zero-order valence-electron chi connectivity index (χ0n) is 20.4. The van der Waals surface area contributed by atoms with Crippen LogP contribution < -0.4 is 11.1 Å². The van der Waals surface area contributed by atoms with Crippen molar-refractivity contribution in [2.75, 3.05) is 25.0 Å². The number of benzene rings is 1. The summed E-state index contributed by atoms with van der Waals surface area (Å²) in [6.07, 6.45) is 1.57. The van der Waals surface area contributed by atoms with Crippen molar-refractivity contribution in [3.63, 3.8) is 0 Å². The summed E-state index contributed by atoms with van der Waals surface area (Å²) in [6, 6.07) is 5.14. The molecule has 0 atom stereocenters. The third-order valence-corrected chi connectivity index (χ3v) is 7.73. The molecule has 3 aliphatic rings. The predicted molar refractivity (Wildman–Crippen MR) is 129 cm³/mol. The van der Waals surface area contributed by atoms with Crippen LogP contribution >= 0.6 is 0 Å². The lowest BCUT2D eigenvalue weighted by molar-refractivity contribution is -0.142. The van der Waals surface area contributed by atoms with E-state index in [0.717, 1.165) is 38.4 Å². The van der Waals surface area contributed by atoms with E-state index in [9.17, 15) is 18.0 Å². The van der Waals surface area contributed by atoms with Crippen molar-refractivity contribution < 1.29 is 18.0 Å². The van der Waals surface area contributed by atoms with Crippen LogP contribution in [0.25, 0.3) is 5.69 Å². The minimum Gasteiger partial charge on any atom is -0.382 e. The van der Waals surface area contributed by atoms with Gasteiger partial charge in [-0.1, -0.05) is 13.8 Å². The van der Waals surface area contributed by atoms with Crippen molar-refractivity contribution in [2.45, 2.75) is 71.0 Å². The van der Waals surface area contributed by atoms with E-state index in [2.05, 4.69) is 29.2 Å². The van der Waals surface area contributed by atoms with Gasteiger partial charge in [0.1, 0.15) is 0 Å². The predicted octanol–water partition coefficient (Wildman–Crippen LogP) is 4.79. The second-order valence-corrected chi connectivity index (χ2v) is 11.3. The van der Waals surface area contributed by atoms with Crippen molar-refractivity contribution in [1.82, 2.24) is 14.7 Å². The Kier molecular flexibility index (Phi) is 6.10. The van der Waals surface area contributed by atoms with Gasteiger partial charge in [-0.25, -0.2) is 4.68 Å². The van der Waals surface area contributed by atoms with Crippen LogP contribution in [-0.2, 0) is 19.0 Å². The first-order valence-electron chi connectivity index (χ1n) is 12.6. The number of anilines is 1. The lowest BCUT2D eigenvalue weighted by Gasteiger charge is -2.33. The molecule has 35 heavy (non-hydrogen) atoms. The number of rotatable bonds is 6. The number of hydrogen-bond donors (Lipinski definition) is 2. The van der Waals surface area contributed by atoms with E-state index in [4.69, 9.17) is 5.73 Å². The normalized spacial score (nSPS) is 21.1. The quantitative estimate of drug-likeness (QED) is 0.612. The monoisotopic (exact) mass is 489 g/mol. The van der Waals surface area contributed by atoms with Crippen molar-refractivity contribution >= 4 is 11.6 Å². The molecule has 1 amide bonds. The van der Waals surface area contributed by atoms with Crippen molar-refractivity contribution in [3.8, 4) is 5.69 Å². The fraction of sp³-hybridized carbons (Fsp3) is 0.615. The first-order chi connectivity index (χ1) is 16.5. The molecule has 1 aromatic heterocycles. The van der Waals surface area contributed by atoms with Crippen LogP contribution in [0.3, 0.4) is 0 Å². The van der Waals surface area contributed by atoms with Gasteiger partial charge in [-0.05, 0) is 74.5 Å². The molecule has 1 saturated heterocycles. The van der Waals surface area contributed by atoms with Crippen LogP contribution in [0.4, 0.5) is 18.9 Å². The van der Waals surface area contributed by atoms with E-state index in [1.807, 2.05) is 0 Å². The summed E-state index contributed by atoms with van der Waals surface area (Å²) in [4.78, 5) is 14.6. The molecule has 2 aliphatic carbocycles. The van der Waals surface area contributed by atoms with E-state index in [1.165, 1.54) is 17.5 Å². The van der Waals surface area contributed by atoms with Gasteiger partial charge >= 0.3 is 6.18 Å². The number of aromatic nitrogens is 2. The molecule has 2 fully saturated rings. The molecule has 9 heteroatoms. The van der Waals surface area contributed by atoms with Crippen LogP contribution in [0.1, 0.15) is 73.3 Å². The van der Waals surface area contributed by atoms with E-state index < -0.39 is 17.8 Å². The maximum absolute atomic E-state index is 13.8. The number of likely N-dealkylation sites (tertiary alicyclic amines) is 1. The van der Waals surface area contributed by atoms with Crippen LogP contribution in [0.2, 0.25) is 0 Å². The molecule has 190 valence electrons. The molecule has 0 spiro atoms. The summed E-state index contributed by atoms with van der Waals surface area (Å²) in [5.74, 6) is 0.286. The number of hydrogen-bond acceptors (Lipinski definition) is 4. The highest BCUT2D eigenvalue weighted by Crippen LogP contribution is 2.42. The number of fused-ring (bicyclic) bond motifs is 1. The van der Waals surface area contributed by atoms with Gasteiger partial charge in [-0.3, -0.25) is 4.79 Å². The Bertz CT molecular complexity index is 1110. The van der Waals surface area contributed by atoms with E-state index >= 15 is 0 Å². The summed E-state index contributed by atoms with van der Waals surface area (Å²) in [5.41, 5.74) is 7.01. The molecule has 2 heterocycles. The molecule has 5 rings (SSSR count). The highest BCUT2D eigenvalue weighted by molar-refractivity contribution is 5.99. The SMILES string of the molecule is CC1(C)CCc2c(C(F)(F)F)nn(-c3ccc(C(N)=O)c(NC4CCN(CC5CC5)CC4)c3)c2C1. The smallest absolute Gasteiger partial charge is 0.382 e. The standard InChI is InChI=1S/C26H34F3N5O/c1-25(2)10-7-20-22(14-25)34(32-23(20)26(27,28)29)18-5-6-19(24(30)35)21(13-18)31-17-8-11-33(12-9-17)15-16-3-4-16/h5-6,13,16-17,31H,3-4,7-12,14-15H2,1-2H3,(H2,30,35). The van der Waals surface area contributed by atoms with Crippen molar-refractivity contribution in [2.24, 2.45) is 17.1 Å². The summed E-state index contributed by atoms with van der Waals surface area (Å²) in [7, 11) is 0. The minimum atomic E-state index is -4.51. The Morgan fingerprint density at radius 3 is 2.54 bits per heavy atom. The molecule has 1 aliphatic heterocycles. The van der Waals surface area contributed by atoms with Crippen molar-refractivity contribution in [3.05, 3.63) is 40.7 Å². The number of nitrogens with two attached hydrogens (primary N) is 1. The number of primary amides is 1. The Balaban J connectivity index is 1.45. The van der Waals surface area contributed by atoms with E-state index in [-0.39, 0.29) is 17.0 Å². The third-order valence-electron chi connectivity index (χ3n) is 7.73. The molecular formula is C26H34F3N5O. The van der Waals surface area contributed by atoms with Gasteiger partial charge < -0.3 is 16.0 Å². The molecule has 0 bridgehead atoms. The zero-order valence-corrected chi connectivity index (χ0v) is 20.4. The first-order valence-corrected chi connectivity index (χ1v) is 12.6. The Morgan fingerprint density at radius 1 is 1.20 bits per heavy atom. The maximum atomic E-state index is 13.8. The van der Waals surface area contributed by atoms with Crippen LogP contribution in [0.15, 0.2) is 18.2 Å². The number of alkyl halides is 3. The topological polar surface area (TPSA) is 76.2 Å². The fourth-order valence-corrected chi connectivity index (χ4v) is 5.52. The third kappa shape index (κ3) is 5.20. The molecule has 3 N–H and O–H groups in total. The number of nitrogens with one attached hydrogen (secondary N) is 1. The van der Waals surface area contributed by atoms with E-state index in [1.54, 1.807) is 18.2 Å². The number of piperidine rings is 1. The average molecular weight is 490 g/mol. The van der Waals surface area contributed by atoms with Gasteiger partial charge in [0.2, 0.25) is 0 Å². The summed E-state index contributed by atoms with van der Waals surface area (Å²) < 4.78 is 42.9. The molecular weight excluding hydrogens is 455 g/mol. The maximum Gasteiger partial charge on any atom is 0.435 e. The van der Waals surface area contributed by atoms with Gasteiger partial charge in [-0.2, -0.15) is 18.3 Å². The summed E-state index contributed by atoms with van der Waals surface area (Å²) in [6.45, 7) is 7.29. The van der Waals surface area contributed by atoms with Crippen LogP contribution in [0, 0.1) is 11.3 Å². The lowest BCUT2D eigenvalue weighted by Crippen LogP contribution is -2.40. The second kappa shape index (κ2) is 8.84. The first kappa shape index (κ1) is 24.2. The zero-order chi connectivity index (χ0) is 25.0. The summed E-state index contributed by atoms with van der Waals surface area (Å²) in [5, 5.41) is 7.52. The minimum absolute atomic E-state index is 0.115. The molecule has 0 radical (unpaired) electrons. The highest BCUT2D eigenvalue weighted by atomic mass is 19.4. The number of halogens is 3. The Morgan fingerprint density at radius 2 is 1.91 bits per heavy atom. The van der Waals surface area contributed by atoms with Crippen LogP contribution in [-0.4, -0.2) is 46.3 Å². The van der Waals surface area contributed by atoms with Gasteiger partial charge in [0.15, 0.2) is 5.69 Å². The molecule has 1 saturated carbocycles. The largest absolute Gasteiger partial charge is 0.435 e. The highest BCUT2D eigenvalue weighted by Gasteiger charge is 2.42. The van der Waals surface area contributed by atoms with Gasteiger partial charge in [0.05, 0.1) is 11.3 Å². The van der Waals surface area contributed by atoms with Gasteiger partial charge in [0.25, 0.3) is 5.91 Å². The van der Waals surface area contributed by atoms with E-state index in [0.29, 0.717) is 41.9 Å². The molecule has 2 aromatic rings. The molecule has 0 unspecified atom stereocenters.